The Hall–Kier alpha value is -4.21. The minimum Gasteiger partial charge on any atom is -0.493 e. The quantitative estimate of drug-likeness (QED) is 0.298. The summed E-state index contributed by atoms with van der Waals surface area (Å²) in [5.41, 5.74) is 0.943. The highest BCUT2D eigenvalue weighted by molar-refractivity contribution is 5.91. The molecule has 4 rings (SSSR count). The maximum Gasteiger partial charge on any atom is 0.416 e. The zero-order valence-electron chi connectivity index (χ0n) is 23.4. The molecule has 0 aromatic heterocycles. The van der Waals surface area contributed by atoms with Crippen LogP contribution < -0.4 is 14.4 Å². The lowest BCUT2D eigenvalue weighted by Crippen LogP contribution is -2.48. The summed E-state index contributed by atoms with van der Waals surface area (Å²) in [6, 6.07) is 16.7. The van der Waals surface area contributed by atoms with E-state index in [1.807, 2.05) is 37.3 Å². The van der Waals surface area contributed by atoms with Gasteiger partial charge in [0.25, 0.3) is 0 Å². The Morgan fingerprint density at radius 1 is 0.976 bits per heavy atom. The molecule has 0 spiro atoms. The van der Waals surface area contributed by atoms with Crippen molar-refractivity contribution in [3.8, 4) is 11.5 Å². The average Bonchev–Trinajstić information content (AvgIpc) is 2.95. The SMILES string of the molecule is CCOC(=O)N1c2cc(OC)c(OC)cc2[C@@H](N(Cc2ccccc2)C(=O)Cc2ccccc2C(F)(F)F)C[C@H]1C. The Kier molecular flexibility index (Phi) is 9.10. The second-order valence-electron chi connectivity index (χ2n) is 9.77. The lowest BCUT2D eigenvalue weighted by Gasteiger charge is -2.43. The predicted molar refractivity (Wildman–Crippen MR) is 148 cm³/mol. The van der Waals surface area contributed by atoms with Gasteiger partial charge in [-0.2, -0.15) is 13.2 Å². The molecular formula is C31H33F3N2O5. The highest BCUT2D eigenvalue weighted by Crippen LogP contribution is 2.46. The summed E-state index contributed by atoms with van der Waals surface area (Å²) < 4.78 is 57.7. The number of carbonyl (C=O) groups excluding carboxylic acids is 2. The minimum atomic E-state index is -4.60. The summed E-state index contributed by atoms with van der Waals surface area (Å²) in [6.07, 6.45) is -5.28. The first kappa shape index (κ1) is 29.8. The Labute approximate surface area is 237 Å². The second-order valence-corrected chi connectivity index (χ2v) is 9.77. The molecule has 0 bridgehead atoms. The number of carbonyl (C=O) groups is 2. The van der Waals surface area contributed by atoms with E-state index in [9.17, 15) is 22.8 Å². The van der Waals surface area contributed by atoms with Gasteiger partial charge in [0.15, 0.2) is 11.5 Å². The molecule has 2 amide bonds. The Balaban J connectivity index is 1.84. The smallest absolute Gasteiger partial charge is 0.416 e. The van der Waals surface area contributed by atoms with Gasteiger partial charge in [-0.15, -0.1) is 0 Å². The number of anilines is 1. The molecule has 218 valence electrons. The first-order chi connectivity index (χ1) is 19.6. The van der Waals surface area contributed by atoms with Gasteiger partial charge in [-0.1, -0.05) is 48.5 Å². The number of ether oxygens (including phenoxy) is 3. The molecule has 2 atom stereocenters. The van der Waals surface area contributed by atoms with Gasteiger partial charge in [-0.25, -0.2) is 4.79 Å². The zero-order chi connectivity index (χ0) is 29.7. The number of hydrogen-bond acceptors (Lipinski definition) is 5. The van der Waals surface area contributed by atoms with Crippen molar-refractivity contribution in [1.82, 2.24) is 4.90 Å². The molecule has 10 heteroatoms. The lowest BCUT2D eigenvalue weighted by atomic mass is 9.89. The van der Waals surface area contributed by atoms with Crippen molar-refractivity contribution in [3.63, 3.8) is 0 Å². The Morgan fingerprint density at radius 2 is 1.61 bits per heavy atom. The Bertz CT molecular complexity index is 1380. The maximum atomic E-state index is 14.0. The van der Waals surface area contributed by atoms with Gasteiger partial charge in [0.2, 0.25) is 5.91 Å². The molecule has 0 saturated carbocycles. The lowest BCUT2D eigenvalue weighted by molar-refractivity contribution is -0.139. The average molecular weight is 571 g/mol. The number of rotatable bonds is 8. The molecule has 0 unspecified atom stereocenters. The van der Waals surface area contributed by atoms with Crippen LogP contribution in [0.25, 0.3) is 0 Å². The van der Waals surface area contributed by atoms with Gasteiger partial charge in [-0.3, -0.25) is 9.69 Å². The largest absolute Gasteiger partial charge is 0.493 e. The summed E-state index contributed by atoms with van der Waals surface area (Å²) in [6.45, 7) is 3.88. The molecule has 3 aromatic carbocycles. The summed E-state index contributed by atoms with van der Waals surface area (Å²) in [7, 11) is 2.96. The molecule has 3 aromatic rings. The van der Waals surface area contributed by atoms with Gasteiger partial charge < -0.3 is 19.1 Å². The van der Waals surface area contributed by atoms with Crippen LogP contribution >= 0.6 is 0 Å². The highest BCUT2D eigenvalue weighted by atomic mass is 19.4. The van der Waals surface area contributed by atoms with Gasteiger partial charge in [0.1, 0.15) is 0 Å². The minimum absolute atomic E-state index is 0.104. The molecule has 0 fully saturated rings. The number of fused-ring (bicyclic) bond motifs is 1. The van der Waals surface area contributed by atoms with Crippen LogP contribution in [0.4, 0.5) is 23.7 Å². The van der Waals surface area contributed by atoms with E-state index in [1.165, 1.54) is 37.3 Å². The van der Waals surface area contributed by atoms with Crippen LogP contribution in [0.3, 0.4) is 0 Å². The van der Waals surface area contributed by atoms with E-state index in [2.05, 4.69) is 0 Å². The van der Waals surface area contributed by atoms with Crippen molar-refractivity contribution in [3.05, 3.63) is 89.0 Å². The molecule has 41 heavy (non-hydrogen) atoms. The van der Waals surface area contributed by atoms with Crippen molar-refractivity contribution < 1.29 is 37.0 Å². The molecule has 0 saturated heterocycles. The van der Waals surface area contributed by atoms with E-state index < -0.39 is 42.2 Å². The van der Waals surface area contributed by atoms with Crippen molar-refractivity contribution in [2.24, 2.45) is 0 Å². The zero-order valence-corrected chi connectivity index (χ0v) is 23.4. The summed E-state index contributed by atoms with van der Waals surface area (Å²) in [4.78, 5) is 30.2. The number of benzene rings is 3. The first-order valence-electron chi connectivity index (χ1n) is 13.3. The molecule has 1 heterocycles. The normalized spacial score (nSPS) is 16.5. The van der Waals surface area contributed by atoms with Crippen LogP contribution in [0.15, 0.2) is 66.7 Å². The number of nitrogens with zero attached hydrogens (tertiary/aromatic N) is 2. The fourth-order valence-electron chi connectivity index (χ4n) is 5.29. The summed E-state index contributed by atoms with van der Waals surface area (Å²) >= 11 is 0. The molecule has 0 radical (unpaired) electrons. The fraction of sp³-hybridized carbons (Fsp3) is 0.355. The van der Waals surface area contributed by atoms with Gasteiger partial charge in [0.05, 0.1) is 44.5 Å². The number of alkyl halides is 3. The van der Waals surface area contributed by atoms with Crippen LogP contribution in [0.2, 0.25) is 0 Å². The van der Waals surface area contributed by atoms with Crippen LogP contribution in [0, 0.1) is 0 Å². The standard InChI is InChI=1S/C31H33F3N2O5/c1-5-41-30(38)36-20(2)15-25(23-17-27(39-3)28(40-4)18-26(23)36)35(19-21-11-7-6-8-12-21)29(37)16-22-13-9-10-14-24(22)31(32,33)34/h6-14,17-18,20,25H,5,15-16,19H2,1-4H3/t20-,25+/m1/s1. The molecule has 0 aliphatic carbocycles. The van der Waals surface area contributed by atoms with Crippen LogP contribution in [-0.2, 0) is 28.7 Å². The van der Waals surface area contributed by atoms with Crippen molar-refractivity contribution in [2.75, 3.05) is 25.7 Å². The van der Waals surface area contributed by atoms with Crippen LogP contribution in [-0.4, -0.2) is 43.8 Å². The fourth-order valence-corrected chi connectivity index (χ4v) is 5.29. The van der Waals surface area contributed by atoms with Gasteiger partial charge in [-0.05, 0) is 43.5 Å². The molecule has 7 nitrogen and oxygen atoms in total. The predicted octanol–water partition coefficient (Wildman–Crippen LogP) is 6.79. The number of halogens is 3. The molecule has 1 aliphatic heterocycles. The highest BCUT2D eigenvalue weighted by Gasteiger charge is 2.40. The van der Waals surface area contributed by atoms with Crippen molar-refractivity contribution in [2.45, 2.75) is 51.5 Å². The van der Waals surface area contributed by atoms with Crippen LogP contribution in [0.5, 0.6) is 11.5 Å². The van der Waals surface area contributed by atoms with E-state index in [4.69, 9.17) is 14.2 Å². The van der Waals surface area contributed by atoms with Crippen LogP contribution in [0.1, 0.15) is 48.6 Å². The van der Waals surface area contributed by atoms with E-state index in [-0.39, 0.29) is 18.7 Å². The molecular weight excluding hydrogens is 537 g/mol. The van der Waals surface area contributed by atoms with Gasteiger partial charge >= 0.3 is 12.3 Å². The summed E-state index contributed by atoms with van der Waals surface area (Å²) in [5.74, 6) is 0.297. The summed E-state index contributed by atoms with van der Waals surface area (Å²) in [5, 5.41) is 0. The number of amides is 2. The third-order valence-corrected chi connectivity index (χ3v) is 7.18. The van der Waals surface area contributed by atoms with E-state index in [1.54, 1.807) is 24.0 Å². The molecule has 1 aliphatic rings. The van der Waals surface area contributed by atoms with Gasteiger partial charge in [0, 0.05) is 24.2 Å². The second kappa shape index (κ2) is 12.5. The van der Waals surface area contributed by atoms with E-state index in [0.29, 0.717) is 29.2 Å². The molecule has 0 N–H and O–H groups in total. The maximum absolute atomic E-state index is 14.0. The monoisotopic (exact) mass is 570 g/mol. The number of hydrogen-bond donors (Lipinski definition) is 0. The van der Waals surface area contributed by atoms with E-state index in [0.717, 1.165) is 11.6 Å². The third-order valence-electron chi connectivity index (χ3n) is 7.18. The first-order valence-corrected chi connectivity index (χ1v) is 13.3. The van der Waals surface area contributed by atoms with E-state index >= 15 is 0 Å². The number of methoxy groups -OCH3 is 2. The van der Waals surface area contributed by atoms with Crippen molar-refractivity contribution in [1.29, 1.82) is 0 Å². The Morgan fingerprint density at radius 3 is 2.24 bits per heavy atom. The topological polar surface area (TPSA) is 68.3 Å². The van der Waals surface area contributed by atoms with Crippen molar-refractivity contribution >= 4 is 17.7 Å². The third kappa shape index (κ3) is 6.42.